The van der Waals surface area contributed by atoms with E-state index >= 15 is 0 Å². The maximum Gasteiger partial charge on any atom is 0.0602 e. The van der Waals surface area contributed by atoms with Gasteiger partial charge in [-0.25, -0.2) is 0 Å². The van der Waals surface area contributed by atoms with Crippen LogP contribution in [0.5, 0.6) is 0 Å². The molecule has 0 fully saturated rings. The van der Waals surface area contributed by atoms with Gasteiger partial charge in [-0.15, -0.1) is 11.3 Å². The molecule has 0 aliphatic carbocycles. The number of halogens is 1. The van der Waals surface area contributed by atoms with Gasteiger partial charge in [0, 0.05) is 9.17 Å². The second-order valence-electron chi connectivity index (χ2n) is 5.16. The molecule has 0 aliphatic rings. The van der Waals surface area contributed by atoms with Crippen LogP contribution in [0.1, 0.15) is 29.7 Å². The zero-order chi connectivity index (χ0) is 14.8. The number of rotatable bonds is 4. The minimum Gasteiger partial charge on any atom is -0.306 e. The van der Waals surface area contributed by atoms with E-state index < -0.39 is 0 Å². The molecule has 0 saturated carbocycles. The molecule has 0 aliphatic heterocycles. The van der Waals surface area contributed by atoms with E-state index in [4.69, 9.17) is 0 Å². The van der Waals surface area contributed by atoms with E-state index in [2.05, 4.69) is 82.9 Å². The van der Waals surface area contributed by atoms with Crippen molar-refractivity contribution in [2.24, 2.45) is 0 Å². The second kappa shape index (κ2) is 6.30. The summed E-state index contributed by atoms with van der Waals surface area (Å²) in [5.74, 6) is 0. The molecule has 21 heavy (non-hydrogen) atoms. The summed E-state index contributed by atoms with van der Waals surface area (Å²) < 4.78 is 2.55. The summed E-state index contributed by atoms with van der Waals surface area (Å²) in [6.45, 7) is 5.24. The Morgan fingerprint density at radius 2 is 1.90 bits per heavy atom. The summed E-state index contributed by atoms with van der Waals surface area (Å²) >= 11 is 5.58. The lowest BCUT2D eigenvalue weighted by Crippen LogP contribution is -2.22. The molecular formula is C18H18BrNS. The Morgan fingerprint density at radius 3 is 2.71 bits per heavy atom. The molecule has 1 N–H and O–H groups in total. The number of benzene rings is 2. The standard InChI is InChI=1S/C18H18BrNS/c1-3-20-18(14-9-6-7-12(2)17(14)19)15-11-21-16-10-5-4-8-13(15)16/h4-11,18,20H,3H2,1-2H3. The van der Waals surface area contributed by atoms with Gasteiger partial charge in [-0.05, 0) is 47.0 Å². The molecule has 3 aromatic rings. The number of hydrogen-bond acceptors (Lipinski definition) is 2. The van der Waals surface area contributed by atoms with Crippen LogP contribution in [0.2, 0.25) is 0 Å². The molecule has 0 saturated heterocycles. The zero-order valence-electron chi connectivity index (χ0n) is 12.2. The van der Waals surface area contributed by atoms with E-state index in [1.165, 1.54) is 31.2 Å². The van der Waals surface area contributed by atoms with E-state index in [1.54, 1.807) is 0 Å². The molecule has 0 amide bonds. The van der Waals surface area contributed by atoms with Crippen molar-refractivity contribution in [1.82, 2.24) is 5.32 Å². The van der Waals surface area contributed by atoms with Crippen molar-refractivity contribution in [3.05, 3.63) is 69.0 Å². The Hall–Kier alpha value is -1.16. The van der Waals surface area contributed by atoms with E-state index in [1.807, 2.05) is 11.3 Å². The van der Waals surface area contributed by atoms with Crippen LogP contribution in [0.15, 0.2) is 52.3 Å². The smallest absolute Gasteiger partial charge is 0.0602 e. The van der Waals surface area contributed by atoms with Gasteiger partial charge in [-0.2, -0.15) is 0 Å². The molecule has 1 aromatic heterocycles. The third-order valence-electron chi connectivity index (χ3n) is 3.76. The Kier molecular flexibility index (Phi) is 4.43. The maximum absolute atomic E-state index is 3.76. The molecule has 1 unspecified atom stereocenters. The molecule has 2 aromatic carbocycles. The molecule has 3 rings (SSSR count). The Balaban J connectivity index is 2.16. The maximum atomic E-state index is 3.76. The molecule has 0 bridgehead atoms. The third kappa shape index (κ3) is 2.78. The van der Waals surface area contributed by atoms with Crippen LogP contribution in [0.25, 0.3) is 10.1 Å². The first-order chi connectivity index (χ1) is 10.2. The molecule has 1 nitrogen and oxygen atoms in total. The van der Waals surface area contributed by atoms with Gasteiger partial charge in [0.25, 0.3) is 0 Å². The molecule has 3 heteroatoms. The fraction of sp³-hybridized carbons (Fsp3) is 0.222. The van der Waals surface area contributed by atoms with E-state index in [9.17, 15) is 0 Å². The van der Waals surface area contributed by atoms with E-state index in [0.717, 1.165) is 6.54 Å². The van der Waals surface area contributed by atoms with Crippen molar-refractivity contribution in [1.29, 1.82) is 0 Å². The summed E-state index contributed by atoms with van der Waals surface area (Å²) in [6.07, 6.45) is 0. The lowest BCUT2D eigenvalue weighted by molar-refractivity contribution is 0.633. The fourth-order valence-corrected chi connectivity index (χ4v) is 4.19. The summed E-state index contributed by atoms with van der Waals surface area (Å²) in [5, 5.41) is 7.27. The predicted molar refractivity (Wildman–Crippen MR) is 96.2 cm³/mol. The lowest BCUT2D eigenvalue weighted by atomic mass is 9.97. The van der Waals surface area contributed by atoms with Crippen LogP contribution >= 0.6 is 27.3 Å². The fourth-order valence-electron chi connectivity index (χ4n) is 2.71. The predicted octanol–water partition coefficient (Wildman–Crippen LogP) is 5.67. The molecule has 0 spiro atoms. The second-order valence-corrected chi connectivity index (χ2v) is 6.86. The zero-order valence-corrected chi connectivity index (χ0v) is 14.6. The first-order valence-electron chi connectivity index (χ1n) is 7.17. The van der Waals surface area contributed by atoms with Crippen LogP contribution in [0, 0.1) is 6.92 Å². The van der Waals surface area contributed by atoms with Crippen LogP contribution in [0.3, 0.4) is 0 Å². The highest BCUT2D eigenvalue weighted by Gasteiger charge is 2.19. The van der Waals surface area contributed by atoms with Crippen LogP contribution in [-0.4, -0.2) is 6.54 Å². The summed E-state index contributed by atoms with van der Waals surface area (Å²) in [5.41, 5.74) is 3.94. The average molecular weight is 360 g/mol. The first-order valence-corrected chi connectivity index (χ1v) is 8.84. The van der Waals surface area contributed by atoms with Crippen molar-refractivity contribution in [3.63, 3.8) is 0 Å². The minimum absolute atomic E-state index is 0.223. The number of aryl methyl sites for hydroxylation is 1. The van der Waals surface area contributed by atoms with Gasteiger partial charge < -0.3 is 5.32 Å². The van der Waals surface area contributed by atoms with Gasteiger partial charge in [0.05, 0.1) is 6.04 Å². The van der Waals surface area contributed by atoms with Crippen LogP contribution in [-0.2, 0) is 0 Å². The summed E-state index contributed by atoms with van der Waals surface area (Å²) in [4.78, 5) is 0. The van der Waals surface area contributed by atoms with Gasteiger partial charge in [0.1, 0.15) is 0 Å². The highest BCUT2D eigenvalue weighted by Crippen LogP contribution is 2.36. The molecule has 1 atom stereocenters. The largest absolute Gasteiger partial charge is 0.306 e. The van der Waals surface area contributed by atoms with E-state index in [-0.39, 0.29) is 6.04 Å². The van der Waals surface area contributed by atoms with Crippen molar-refractivity contribution in [3.8, 4) is 0 Å². The summed E-state index contributed by atoms with van der Waals surface area (Å²) in [6, 6.07) is 15.3. The number of thiophene rings is 1. The summed E-state index contributed by atoms with van der Waals surface area (Å²) in [7, 11) is 0. The monoisotopic (exact) mass is 359 g/mol. The molecule has 0 radical (unpaired) electrons. The molecule has 108 valence electrons. The average Bonchev–Trinajstić information content (AvgIpc) is 2.92. The van der Waals surface area contributed by atoms with Crippen molar-refractivity contribution >= 4 is 37.4 Å². The number of fused-ring (bicyclic) bond motifs is 1. The minimum atomic E-state index is 0.223. The van der Waals surface area contributed by atoms with Gasteiger partial charge in [0.15, 0.2) is 0 Å². The Labute approximate surface area is 138 Å². The highest BCUT2D eigenvalue weighted by molar-refractivity contribution is 9.10. The van der Waals surface area contributed by atoms with Crippen molar-refractivity contribution in [2.45, 2.75) is 19.9 Å². The highest BCUT2D eigenvalue weighted by atomic mass is 79.9. The first kappa shape index (κ1) is 14.8. The van der Waals surface area contributed by atoms with Gasteiger partial charge in [-0.3, -0.25) is 0 Å². The quantitative estimate of drug-likeness (QED) is 0.632. The normalized spacial score (nSPS) is 12.7. The van der Waals surface area contributed by atoms with Gasteiger partial charge in [0.2, 0.25) is 0 Å². The van der Waals surface area contributed by atoms with E-state index in [0.29, 0.717) is 0 Å². The number of nitrogens with one attached hydrogen (secondary N) is 1. The third-order valence-corrected chi connectivity index (χ3v) is 5.83. The van der Waals surface area contributed by atoms with Crippen molar-refractivity contribution in [2.75, 3.05) is 6.54 Å². The topological polar surface area (TPSA) is 12.0 Å². The Bertz CT molecular complexity index is 763. The number of hydrogen-bond donors (Lipinski definition) is 1. The Morgan fingerprint density at radius 1 is 1.10 bits per heavy atom. The van der Waals surface area contributed by atoms with Gasteiger partial charge in [-0.1, -0.05) is 59.3 Å². The van der Waals surface area contributed by atoms with Crippen LogP contribution < -0.4 is 5.32 Å². The molecular weight excluding hydrogens is 342 g/mol. The molecule has 1 heterocycles. The SMILES string of the molecule is CCNC(c1cccc(C)c1Br)c1csc2ccccc12. The van der Waals surface area contributed by atoms with Crippen molar-refractivity contribution < 1.29 is 0 Å². The van der Waals surface area contributed by atoms with Crippen LogP contribution in [0.4, 0.5) is 0 Å². The lowest BCUT2D eigenvalue weighted by Gasteiger charge is -2.20. The van der Waals surface area contributed by atoms with Gasteiger partial charge >= 0.3 is 0 Å².